The predicted octanol–water partition coefficient (Wildman–Crippen LogP) is 3.73. The van der Waals surface area contributed by atoms with Crippen LogP contribution in [0.25, 0.3) is 0 Å². The fraction of sp³-hybridized carbons (Fsp3) is 0.556. The van der Waals surface area contributed by atoms with Gasteiger partial charge in [0, 0.05) is 18.2 Å². The number of hydrogen-bond acceptors (Lipinski definition) is 5. The summed E-state index contributed by atoms with van der Waals surface area (Å²) in [6, 6.07) is 3.54. The summed E-state index contributed by atoms with van der Waals surface area (Å²) in [5.41, 5.74) is -0.413. The Kier molecular flexibility index (Phi) is 6.58. The second kappa shape index (κ2) is 8.49. The van der Waals surface area contributed by atoms with Gasteiger partial charge < -0.3 is 10.1 Å². The van der Waals surface area contributed by atoms with E-state index in [1.54, 1.807) is 0 Å². The number of benzene rings is 1. The van der Waals surface area contributed by atoms with Crippen LogP contribution in [0.5, 0.6) is 0 Å². The maximum Gasteiger partial charge on any atom is 0.340 e. The Balaban J connectivity index is 2.01. The normalized spacial score (nSPS) is 23.8. The monoisotopic (exact) mass is 382 g/mol. The SMILES string of the molecule is C[C@@H]1[C@H](C)CCC[C@@H]1NC(=O)[C@@H](C)OC(=O)c1cc([N+](=O)[O-])ccc1Cl. The smallest absolute Gasteiger partial charge is 0.340 e. The van der Waals surface area contributed by atoms with Crippen LogP contribution in [-0.2, 0) is 9.53 Å². The highest BCUT2D eigenvalue weighted by atomic mass is 35.5. The molecular weight excluding hydrogens is 360 g/mol. The van der Waals surface area contributed by atoms with E-state index < -0.39 is 17.0 Å². The minimum atomic E-state index is -1.03. The number of esters is 1. The Morgan fingerprint density at radius 3 is 2.69 bits per heavy atom. The molecule has 0 unspecified atom stereocenters. The zero-order valence-electron chi connectivity index (χ0n) is 15.0. The average Bonchev–Trinajstić information content (AvgIpc) is 2.58. The molecule has 1 N–H and O–H groups in total. The Morgan fingerprint density at radius 2 is 2.04 bits per heavy atom. The van der Waals surface area contributed by atoms with Gasteiger partial charge in [-0.2, -0.15) is 0 Å². The van der Waals surface area contributed by atoms with Crippen LogP contribution in [0.3, 0.4) is 0 Å². The number of carbonyl (C=O) groups excluding carboxylic acids is 2. The summed E-state index contributed by atoms with van der Waals surface area (Å²) in [6.45, 7) is 5.74. The number of nitrogens with zero attached hydrogens (tertiary/aromatic N) is 1. The standard InChI is InChI=1S/C18H23ClN2O5/c1-10-5-4-6-16(11(10)2)20-17(22)12(3)26-18(23)14-9-13(21(24)25)7-8-15(14)19/h7-12,16H,4-6H2,1-3H3,(H,20,22)/t10-,11-,12-,16+/m1/s1. The van der Waals surface area contributed by atoms with E-state index in [1.165, 1.54) is 19.1 Å². The molecule has 7 nitrogen and oxygen atoms in total. The fourth-order valence-corrected chi connectivity index (χ4v) is 3.34. The molecule has 1 aliphatic carbocycles. The van der Waals surface area contributed by atoms with Crippen molar-refractivity contribution in [2.45, 2.75) is 52.2 Å². The lowest BCUT2D eigenvalue weighted by atomic mass is 9.78. The van der Waals surface area contributed by atoms with Gasteiger partial charge in [-0.15, -0.1) is 0 Å². The summed E-state index contributed by atoms with van der Waals surface area (Å²) in [4.78, 5) is 34.8. The van der Waals surface area contributed by atoms with Crippen LogP contribution in [-0.4, -0.2) is 28.9 Å². The van der Waals surface area contributed by atoms with Gasteiger partial charge >= 0.3 is 5.97 Å². The third kappa shape index (κ3) is 4.72. The summed E-state index contributed by atoms with van der Waals surface area (Å²) < 4.78 is 5.16. The number of nitro groups is 1. The summed E-state index contributed by atoms with van der Waals surface area (Å²) in [5, 5.41) is 13.8. The van der Waals surface area contributed by atoms with E-state index >= 15 is 0 Å². The Labute approximate surface area is 157 Å². The fourth-order valence-electron chi connectivity index (χ4n) is 3.15. The highest BCUT2D eigenvalue weighted by Crippen LogP contribution is 2.29. The molecule has 0 spiro atoms. The molecule has 0 aromatic heterocycles. The van der Waals surface area contributed by atoms with Crippen molar-refractivity contribution in [3.05, 3.63) is 38.9 Å². The molecule has 1 saturated carbocycles. The van der Waals surface area contributed by atoms with E-state index in [0.29, 0.717) is 11.8 Å². The molecule has 4 atom stereocenters. The Bertz CT molecular complexity index is 709. The van der Waals surface area contributed by atoms with E-state index in [4.69, 9.17) is 16.3 Å². The van der Waals surface area contributed by atoms with Crippen molar-refractivity contribution in [2.75, 3.05) is 0 Å². The summed E-state index contributed by atoms with van der Waals surface area (Å²) >= 11 is 5.93. The number of hydrogen-bond donors (Lipinski definition) is 1. The first-order valence-corrected chi connectivity index (χ1v) is 9.03. The van der Waals surface area contributed by atoms with Gasteiger partial charge in [-0.1, -0.05) is 38.3 Å². The quantitative estimate of drug-likeness (QED) is 0.475. The lowest BCUT2D eigenvalue weighted by molar-refractivity contribution is -0.384. The zero-order valence-corrected chi connectivity index (χ0v) is 15.8. The van der Waals surface area contributed by atoms with E-state index in [1.807, 2.05) is 0 Å². The molecule has 1 fully saturated rings. The molecule has 0 aliphatic heterocycles. The van der Waals surface area contributed by atoms with Gasteiger partial charge in [-0.05, 0) is 31.2 Å². The Morgan fingerprint density at radius 1 is 1.35 bits per heavy atom. The van der Waals surface area contributed by atoms with Gasteiger partial charge in [0.25, 0.3) is 11.6 Å². The van der Waals surface area contributed by atoms with Crippen molar-refractivity contribution in [1.82, 2.24) is 5.32 Å². The van der Waals surface area contributed by atoms with Gasteiger partial charge in [0.2, 0.25) is 0 Å². The van der Waals surface area contributed by atoms with Crippen LogP contribution >= 0.6 is 11.6 Å². The molecule has 2 rings (SSSR count). The molecule has 26 heavy (non-hydrogen) atoms. The molecule has 142 valence electrons. The maximum atomic E-state index is 12.4. The topological polar surface area (TPSA) is 98.5 Å². The van der Waals surface area contributed by atoms with Crippen molar-refractivity contribution < 1.29 is 19.2 Å². The third-order valence-corrected chi connectivity index (χ3v) is 5.40. The van der Waals surface area contributed by atoms with E-state index in [9.17, 15) is 19.7 Å². The molecule has 1 aliphatic rings. The third-order valence-electron chi connectivity index (χ3n) is 5.07. The second-order valence-electron chi connectivity index (χ2n) is 6.85. The largest absolute Gasteiger partial charge is 0.449 e. The number of amides is 1. The van der Waals surface area contributed by atoms with E-state index in [2.05, 4.69) is 19.2 Å². The molecule has 0 bridgehead atoms. The van der Waals surface area contributed by atoms with Crippen molar-refractivity contribution in [3.63, 3.8) is 0 Å². The zero-order chi connectivity index (χ0) is 19.4. The van der Waals surface area contributed by atoms with Crippen LogP contribution in [0.15, 0.2) is 18.2 Å². The Hall–Kier alpha value is -2.15. The van der Waals surface area contributed by atoms with Crippen LogP contribution in [0, 0.1) is 22.0 Å². The van der Waals surface area contributed by atoms with Crippen molar-refractivity contribution >= 4 is 29.2 Å². The minimum absolute atomic E-state index is 0.0305. The van der Waals surface area contributed by atoms with Crippen molar-refractivity contribution in [1.29, 1.82) is 0 Å². The van der Waals surface area contributed by atoms with Crippen LogP contribution in [0.2, 0.25) is 5.02 Å². The van der Waals surface area contributed by atoms with Gasteiger partial charge in [-0.25, -0.2) is 4.79 Å². The van der Waals surface area contributed by atoms with Crippen molar-refractivity contribution in [3.8, 4) is 0 Å². The number of nitrogens with one attached hydrogen (secondary N) is 1. The average molecular weight is 383 g/mol. The van der Waals surface area contributed by atoms with E-state index in [0.717, 1.165) is 25.3 Å². The van der Waals surface area contributed by atoms with Crippen LogP contribution in [0.1, 0.15) is 50.4 Å². The summed E-state index contributed by atoms with van der Waals surface area (Å²) in [6.07, 6.45) is 2.06. The lowest BCUT2D eigenvalue weighted by Gasteiger charge is -2.35. The van der Waals surface area contributed by atoms with Crippen LogP contribution in [0.4, 0.5) is 5.69 Å². The number of non-ortho nitro benzene ring substituents is 1. The second-order valence-corrected chi connectivity index (χ2v) is 7.26. The van der Waals surface area contributed by atoms with Crippen LogP contribution < -0.4 is 5.32 Å². The molecule has 0 radical (unpaired) electrons. The van der Waals surface area contributed by atoms with Gasteiger partial charge in [0.05, 0.1) is 15.5 Å². The number of halogens is 1. The highest BCUT2D eigenvalue weighted by molar-refractivity contribution is 6.33. The van der Waals surface area contributed by atoms with Crippen molar-refractivity contribution in [2.24, 2.45) is 11.8 Å². The number of nitro benzene ring substituents is 1. The molecule has 1 amide bonds. The molecule has 1 aromatic rings. The van der Waals surface area contributed by atoms with Gasteiger partial charge in [0.15, 0.2) is 6.10 Å². The number of rotatable bonds is 5. The van der Waals surface area contributed by atoms with E-state index in [-0.39, 0.29) is 28.2 Å². The lowest BCUT2D eigenvalue weighted by Crippen LogP contribution is -2.47. The minimum Gasteiger partial charge on any atom is -0.449 e. The number of carbonyl (C=O) groups is 2. The summed E-state index contributed by atoms with van der Waals surface area (Å²) in [5.74, 6) is -0.380. The predicted molar refractivity (Wildman–Crippen MR) is 97.1 cm³/mol. The first-order valence-electron chi connectivity index (χ1n) is 8.66. The molecule has 1 aromatic carbocycles. The maximum absolute atomic E-state index is 12.4. The number of ether oxygens (including phenoxy) is 1. The molecule has 0 saturated heterocycles. The van der Waals surface area contributed by atoms with Gasteiger partial charge in [0.1, 0.15) is 0 Å². The first kappa shape index (κ1) is 20.2. The highest BCUT2D eigenvalue weighted by Gasteiger charge is 2.30. The van der Waals surface area contributed by atoms with Gasteiger partial charge in [-0.3, -0.25) is 14.9 Å². The molecule has 8 heteroatoms. The molecule has 0 heterocycles. The molecular formula is C18H23ClN2O5. The first-order chi connectivity index (χ1) is 12.2. The summed E-state index contributed by atoms with van der Waals surface area (Å²) in [7, 11) is 0.